The molecule has 1 aromatic carbocycles. The third-order valence-corrected chi connectivity index (χ3v) is 13.5. The summed E-state index contributed by atoms with van der Waals surface area (Å²) in [6.07, 6.45) is 0.914. The van der Waals surface area contributed by atoms with E-state index in [2.05, 4.69) is 5.10 Å². The van der Waals surface area contributed by atoms with Gasteiger partial charge in [0, 0.05) is 41.5 Å². The molecule has 0 radical (unpaired) electrons. The molecule has 15 heteroatoms. The van der Waals surface area contributed by atoms with Crippen LogP contribution in [0, 0.1) is 0 Å². The molecule has 38 heavy (non-hydrogen) atoms. The van der Waals surface area contributed by atoms with Crippen LogP contribution in [0.4, 0.5) is 4.79 Å². The lowest BCUT2D eigenvalue weighted by Gasteiger charge is -2.27. The highest BCUT2D eigenvalue weighted by atomic mass is 32.7. The van der Waals surface area contributed by atoms with Gasteiger partial charge in [-0.3, -0.25) is 27.9 Å². The minimum atomic E-state index is -3.02. The van der Waals surface area contributed by atoms with Crippen molar-refractivity contribution in [2.75, 3.05) is 32.1 Å². The van der Waals surface area contributed by atoms with E-state index in [4.69, 9.17) is 29.9 Å². The van der Waals surface area contributed by atoms with Crippen LogP contribution in [0.1, 0.15) is 41.0 Å². The van der Waals surface area contributed by atoms with Crippen LogP contribution in [-0.2, 0) is 29.9 Å². The SMILES string of the molecule is CCOP(=O)(SC(C)CC)N1CCSC1=O.CCOP(=S)(OCC)Oc1ccc(=O)n(-c2ccccc2)n1. The molecule has 0 bridgehead atoms. The van der Waals surface area contributed by atoms with Crippen LogP contribution in [-0.4, -0.2) is 57.1 Å². The normalized spacial score (nSPS) is 15.9. The average Bonchev–Trinajstić information content (AvgIpc) is 3.33. The van der Waals surface area contributed by atoms with Crippen molar-refractivity contribution in [2.45, 2.75) is 46.3 Å². The number of thioether (sulfide) groups is 1. The number of benzene rings is 1. The summed E-state index contributed by atoms with van der Waals surface area (Å²) in [6, 6.07) is 11.9. The second-order valence-electron chi connectivity index (χ2n) is 7.58. The summed E-state index contributed by atoms with van der Waals surface area (Å²) in [4.78, 5) is 23.5. The van der Waals surface area contributed by atoms with Crippen molar-refractivity contribution >= 4 is 53.6 Å². The van der Waals surface area contributed by atoms with Crippen LogP contribution in [0.15, 0.2) is 47.3 Å². The lowest BCUT2D eigenvalue weighted by atomic mass is 10.3. The van der Waals surface area contributed by atoms with Gasteiger partial charge in [0.1, 0.15) is 0 Å². The van der Waals surface area contributed by atoms with E-state index < -0.39 is 13.4 Å². The standard InChI is InChI=1S/C14H17N2O4PS.C9H18NO3PS2/c1-3-18-21(22,19-4-2)20-13-10-11-14(17)16(15-13)12-8-6-5-7-9-12;1-4-8(3)16-14(12,13-5-2)10-6-7-15-9(10)11/h5-11H,3-4H2,1-2H3;8H,4-7H2,1-3H3. The van der Waals surface area contributed by atoms with E-state index in [9.17, 15) is 14.2 Å². The zero-order chi connectivity index (χ0) is 28.2. The first-order valence-electron chi connectivity index (χ1n) is 12.2. The molecule has 1 aromatic heterocycles. The Morgan fingerprint density at radius 2 is 1.66 bits per heavy atom. The number of carbonyl (C=O) groups is 1. The van der Waals surface area contributed by atoms with Crippen molar-refractivity contribution in [1.82, 2.24) is 14.5 Å². The fourth-order valence-corrected chi connectivity index (χ4v) is 11.3. The predicted octanol–water partition coefficient (Wildman–Crippen LogP) is 6.74. The molecular weight excluding hydrogens is 588 g/mol. The zero-order valence-electron chi connectivity index (χ0n) is 22.2. The van der Waals surface area contributed by atoms with Gasteiger partial charge in [0.05, 0.1) is 25.5 Å². The Bertz CT molecular complexity index is 1180. The van der Waals surface area contributed by atoms with Crippen LogP contribution in [0.25, 0.3) is 5.69 Å². The third kappa shape index (κ3) is 9.78. The molecule has 2 atom stereocenters. The van der Waals surface area contributed by atoms with E-state index in [1.807, 2.05) is 45.9 Å². The molecule has 3 rings (SSSR count). The van der Waals surface area contributed by atoms with Gasteiger partial charge in [0.2, 0.25) is 5.88 Å². The maximum absolute atomic E-state index is 12.6. The first-order valence-corrected chi connectivity index (χ1v) is 18.8. The molecule has 10 nitrogen and oxygen atoms in total. The van der Waals surface area contributed by atoms with E-state index in [-0.39, 0.29) is 21.9 Å². The van der Waals surface area contributed by atoms with Crippen LogP contribution in [0.3, 0.4) is 0 Å². The Morgan fingerprint density at radius 3 is 2.18 bits per heavy atom. The lowest BCUT2D eigenvalue weighted by molar-refractivity contribution is 0.215. The lowest BCUT2D eigenvalue weighted by Crippen LogP contribution is -2.20. The summed E-state index contributed by atoms with van der Waals surface area (Å²) >= 11 is 7.80. The predicted molar refractivity (Wildman–Crippen MR) is 159 cm³/mol. The molecule has 212 valence electrons. The van der Waals surface area contributed by atoms with E-state index in [1.54, 1.807) is 19.1 Å². The Kier molecular flexibility index (Phi) is 14.1. The van der Waals surface area contributed by atoms with Gasteiger partial charge in [0.25, 0.3) is 10.8 Å². The largest absolute Gasteiger partial charge is 0.404 e. The monoisotopic (exact) mass is 623 g/mol. The number of nitrogens with zero attached hydrogens (tertiary/aromatic N) is 3. The molecular formula is C23H35N3O7P2S3. The first kappa shape index (κ1) is 33.0. The van der Waals surface area contributed by atoms with Gasteiger partial charge in [-0.05, 0) is 50.7 Å². The van der Waals surface area contributed by atoms with Crippen molar-refractivity contribution < 1.29 is 27.5 Å². The highest BCUT2D eigenvalue weighted by Crippen LogP contribution is 2.66. The highest BCUT2D eigenvalue weighted by molar-refractivity contribution is 8.56. The fourth-order valence-electron chi connectivity index (χ4n) is 2.95. The average molecular weight is 624 g/mol. The molecule has 2 unspecified atom stereocenters. The number of hydrogen-bond acceptors (Lipinski definition) is 11. The molecule has 0 N–H and O–H groups in total. The van der Waals surface area contributed by atoms with Crippen LogP contribution in [0.5, 0.6) is 5.88 Å². The van der Waals surface area contributed by atoms with E-state index in [0.29, 0.717) is 37.8 Å². The van der Waals surface area contributed by atoms with Gasteiger partial charge in [0.15, 0.2) is 0 Å². The summed E-state index contributed by atoms with van der Waals surface area (Å²) in [5, 5.41) is 4.29. The maximum Gasteiger partial charge on any atom is 0.381 e. The van der Waals surface area contributed by atoms with E-state index in [1.165, 1.54) is 44.6 Å². The molecule has 0 spiro atoms. The molecule has 1 aliphatic heterocycles. The molecule has 1 fully saturated rings. The van der Waals surface area contributed by atoms with Gasteiger partial charge in [-0.2, -0.15) is 4.68 Å². The molecule has 1 saturated heterocycles. The fraction of sp³-hybridized carbons (Fsp3) is 0.522. The molecule has 0 aliphatic carbocycles. The van der Waals surface area contributed by atoms with Crippen LogP contribution in [0.2, 0.25) is 0 Å². The number of para-hydroxylation sites is 1. The molecule has 1 aliphatic rings. The quantitative estimate of drug-likeness (QED) is 0.221. The molecule has 2 heterocycles. The van der Waals surface area contributed by atoms with Crippen LogP contribution < -0.4 is 10.1 Å². The number of amides is 1. The zero-order valence-corrected chi connectivity index (χ0v) is 26.4. The molecule has 2 aromatic rings. The minimum Gasteiger partial charge on any atom is -0.404 e. The van der Waals surface area contributed by atoms with Crippen molar-refractivity contribution in [3.05, 3.63) is 52.8 Å². The van der Waals surface area contributed by atoms with E-state index in [0.717, 1.165) is 6.42 Å². The van der Waals surface area contributed by atoms with E-state index >= 15 is 0 Å². The second-order valence-corrected chi connectivity index (χ2v) is 16.3. The summed E-state index contributed by atoms with van der Waals surface area (Å²) in [6.45, 7) is 5.17. The van der Waals surface area contributed by atoms with Gasteiger partial charge in [-0.25, -0.2) is 0 Å². The van der Waals surface area contributed by atoms with Crippen molar-refractivity contribution in [3.8, 4) is 11.6 Å². The Hall–Kier alpha value is -1.17. The number of hydrogen-bond donors (Lipinski definition) is 0. The molecule has 0 saturated carbocycles. The van der Waals surface area contributed by atoms with Crippen molar-refractivity contribution in [1.29, 1.82) is 0 Å². The number of carbonyl (C=O) groups excluding carboxylic acids is 1. The maximum atomic E-state index is 12.6. The Balaban J connectivity index is 0.000000281. The second kappa shape index (κ2) is 16.2. The first-order chi connectivity index (χ1) is 18.1. The third-order valence-electron chi connectivity index (χ3n) is 4.77. The number of rotatable bonds is 13. The van der Waals surface area contributed by atoms with Crippen molar-refractivity contribution in [2.24, 2.45) is 0 Å². The van der Waals surface area contributed by atoms with Crippen LogP contribution >= 0.6 is 36.6 Å². The Labute approximate surface area is 237 Å². The molecule has 1 amide bonds. The summed E-state index contributed by atoms with van der Waals surface area (Å²) in [5.74, 6) is 0.894. The summed E-state index contributed by atoms with van der Waals surface area (Å²) < 4.78 is 37.1. The minimum absolute atomic E-state index is 0.118. The Morgan fingerprint density at radius 1 is 1.03 bits per heavy atom. The summed E-state index contributed by atoms with van der Waals surface area (Å²) in [7, 11) is 0. The van der Waals surface area contributed by atoms with Gasteiger partial charge < -0.3 is 9.05 Å². The van der Waals surface area contributed by atoms with Gasteiger partial charge in [-0.1, -0.05) is 43.8 Å². The van der Waals surface area contributed by atoms with Crippen molar-refractivity contribution in [3.63, 3.8) is 0 Å². The van der Waals surface area contributed by atoms with Gasteiger partial charge in [-0.15, -0.1) is 5.10 Å². The number of aromatic nitrogens is 2. The highest BCUT2D eigenvalue weighted by Gasteiger charge is 2.40. The smallest absolute Gasteiger partial charge is 0.381 e. The van der Waals surface area contributed by atoms with Gasteiger partial charge >= 0.3 is 13.4 Å². The topological polar surface area (TPSA) is 109 Å². The summed E-state index contributed by atoms with van der Waals surface area (Å²) in [5.41, 5.74) is 0.374.